The van der Waals surface area contributed by atoms with E-state index in [-0.39, 0.29) is 5.51 Å². The van der Waals surface area contributed by atoms with E-state index in [0.717, 1.165) is 0 Å². The first kappa shape index (κ1) is 17.0. The fraction of sp³-hybridized carbons (Fsp3) is 1.00. The van der Waals surface area contributed by atoms with Gasteiger partial charge in [-0.3, -0.25) is 0 Å². The molecule has 8 heteroatoms. The summed E-state index contributed by atoms with van der Waals surface area (Å²) in [6.07, 6.45) is -2.16. The van der Waals surface area contributed by atoms with Gasteiger partial charge in [0.1, 0.15) is 0 Å². The van der Waals surface area contributed by atoms with Crippen LogP contribution in [0.5, 0.6) is 0 Å². The first-order valence-corrected chi connectivity index (χ1v) is 8.93. The summed E-state index contributed by atoms with van der Waals surface area (Å²) < 4.78 is 19.7. The van der Waals surface area contributed by atoms with Crippen molar-refractivity contribution in [2.45, 2.75) is 20.3 Å². The molecule has 0 bridgehead atoms. The van der Waals surface area contributed by atoms with Gasteiger partial charge in [0.25, 0.3) is 0 Å². The van der Waals surface area contributed by atoms with Crippen LogP contribution < -0.4 is 0 Å². The molecule has 0 aromatic carbocycles. The Morgan fingerprint density at radius 2 is 1.50 bits per heavy atom. The normalized spacial score (nSPS) is 10.6. The predicted molar refractivity (Wildman–Crippen MR) is 52.8 cm³/mol. The van der Waals surface area contributed by atoms with Crippen molar-refractivity contribution in [2.75, 3.05) is 19.1 Å². The van der Waals surface area contributed by atoms with Crippen LogP contribution in [0, 0.1) is 0 Å². The van der Waals surface area contributed by atoms with Crippen LogP contribution in [-0.4, -0.2) is 48.9 Å². The van der Waals surface area contributed by atoms with E-state index in [1.165, 1.54) is 6.42 Å². The molecule has 0 unspecified atom stereocenters. The Morgan fingerprint density at radius 1 is 1.14 bits per heavy atom. The summed E-state index contributed by atoms with van der Waals surface area (Å²) in [6, 6.07) is 0. The van der Waals surface area contributed by atoms with Gasteiger partial charge in [-0.1, -0.05) is 20.3 Å². The van der Waals surface area contributed by atoms with Crippen LogP contribution >= 0.6 is 6.29 Å². The Morgan fingerprint density at radius 3 is 1.71 bits per heavy atom. The molecular formula is C6H17O6PSe. The van der Waals surface area contributed by atoms with Crippen LogP contribution in [0.1, 0.15) is 20.3 Å². The van der Waals surface area contributed by atoms with E-state index in [1.54, 1.807) is 0 Å². The van der Waals surface area contributed by atoms with E-state index in [2.05, 4.69) is 22.9 Å². The molecule has 0 spiro atoms. The van der Waals surface area contributed by atoms with Crippen molar-refractivity contribution in [3.63, 3.8) is 0 Å². The number of aliphatic hydroxyl groups is 3. The molecule has 0 aliphatic carbocycles. The van der Waals surface area contributed by atoms with E-state index < -0.39 is 34.4 Å². The van der Waals surface area contributed by atoms with Gasteiger partial charge in [-0.05, 0) is 0 Å². The average Bonchev–Trinajstić information content (AvgIpc) is 2.06. The molecule has 0 radical (unpaired) electrons. The van der Waals surface area contributed by atoms with Gasteiger partial charge in [-0.15, -0.1) is 0 Å². The van der Waals surface area contributed by atoms with Crippen LogP contribution in [-0.2, 0) is 13.6 Å². The van der Waals surface area contributed by atoms with E-state index in [1.807, 2.05) is 0 Å². The molecule has 0 aromatic heterocycles. The molecule has 6 nitrogen and oxygen atoms in total. The Balaban J connectivity index is 0. The van der Waals surface area contributed by atoms with Crippen LogP contribution in [0.4, 0.5) is 0 Å². The van der Waals surface area contributed by atoms with Crippen molar-refractivity contribution in [3.8, 4) is 0 Å². The first-order valence-electron chi connectivity index (χ1n) is 3.96. The Hall–Kier alpha value is 0.549. The quantitative estimate of drug-likeness (QED) is 0.365. The molecule has 3 N–H and O–H groups in total. The second-order valence-corrected chi connectivity index (χ2v) is 8.58. The van der Waals surface area contributed by atoms with Crippen LogP contribution in [0.2, 0.25) is 0 Å². The minimum absolute atomic E-state index is 0.329. The first-order chi connectivity index (χ1) is 6.60. The molecule has 88 valence electrons. The summed E-state index contributed by atoms with van der Waals surface area (Å²) in [5, 5.41) is 24.8. The third-order valence-electron chi connectivity index (χ3n) is 0.648. The molecule has 0 aromatic rings. The Bertz CT molecular complexity index is 131. The summed E-state index contributed by atoms with van der Waals surface area (Å²) in [6.45, 7) is 2.75. The molecule has 0 aliphatic rings. The van der Waals surface area contributed by atoms with E-state index in [9.17, 15) is 4.57 Å². The predicted octanol–water partition coefficient (Wildman–Crippen LogP) is 0.0976. The second kappa shape index (κ2) is 11.6. The molecule has 0 saturated heterocycles. The molecule has 0 aliphatic heterocycles. The number of hydrogen-bond donors (Lipinski definition) is 3. The Kier molecular flexibility index (Phi) is 14.1. The molecule has 0 amide bonds. The van der Waals surface area contributed by atoms with Gasteiger partial charge in [-0.25, -0.2) is 0 Å². The van der Waals surface area contributed by atoms with Gasteiger partial charge in [-0.2, -0.15) is 0 Å². The summed E-state index contributed by atoms with van der Waals surface area (Å²) in [5.74, 6) is 0. The fourth-order valence-electron chi connectivity index (χ4n) is 0.324. The van der Waals surface area contributed by atoms with Crippen molar-refractivity contribution in [3.05, 3.63) is 0 Å². The van der Waals surface area contributed by atoms with Crippen molar-refractivity contribution >= 4 is 20.8 Å². The molecule has 0 saturated carbocycles. The third-order valence-corrected chi connectivity index (χ3v) is 5.99. The Labute approximate surface area is 89.5 Å². The van der Waals surface area contributed by atoms with Crippen molar-refractivity contribution < 1.29 is 28.9 Å². The van der Waals surface area contributed by atoms with Crippen molar-refractivity contribution in [1.82, 2.24) is 0 Å². The van der Waals surface area contributed by atoms with Crippen molar-refractivity contribution in [2.24, 2.45) is 0 Å². The van der Waals surface area contributed by atoms with E-state index >= 15 is 0 Å². The summed E-state index contributed by atoms with van der Waals surface area (Å²) in [4.78, 5) is 0. The monoisotopic (exact) mass is 296 g/mol. The van der Waals surface area contributed by atoms with Crippen LogP contribution in [0.25, 0.3) is 0 Å². The third kappa shape index (κ3) is 10.6. The molecule has 0 heterocycles. The summed E-state index contributed by atoms with van der Waals surface area (Å²) >= 11 is -0.779. The van der Waals surface area contributed by atoms with Crippen molar-refractivity contribution in [1.29, 1.82) is 0 Å². The van der Waals surface area contributed by atoms with E-state index in [4.69, 9.17) is 15.3 Å². The standard InChI is InChI=1S/C3H9O6PSe.C3H8/c4-1-8-10(7,9-2-5)11-3-6;1-3-2/h4-6H,1-3H2;3H2,1-2H3. The number of aliphatic hydroxyl groups excluding tert-OH is 3. The zero-order valence-corrected chi connectivity index (χ0v) is 10.9. The van der Waals surface area contributed by atoms with Gasteiger partial charge < -0.3 is 0 Å². The number of rotatable bonds is 6. The molecule has 0 rings (SSSR count). The summed E-state index contributed by atoms with van der Waals surface area (Å²) in [5.41, 5.74) is -0.329. The number of hydrogen-bond acceptors (Lipinski definition) is 6. The second-order valence-electron chi connectivity index (χ2n) is 1.93. The molecule has 0 atom stereocenters. The van der Waals surface area contributed by atoms with Gasteiger partial charge in [0, 0.05) is 0 Å². The van der Waals surface area contributed by atoms with Crippen LogP contribution in [0.15, 0.2) is 0 Å². The zero-order valence-electron chi connectivity index (χ0n) is 8.25. The molecule has 0 fully saturated rings. The minimum atomic E-state index is -3.41. The topological polar surface area (TPSA) is 96.2 Å². The maximum atomic E-state index is 11.1. The molecule has 14 heavy (non-hydrogen) atoms. The van der Waals surface area contributed by atoms with E-state index in [0.29, 0.717) is 0 Å². The average molecular weight is 295 g/mol. The molecular weight excluding hydrogens is 278 g/mol. The maximum absolute atomic E-state index is 11.1. The van der Waals surface area contributed by atoms with Gasteiger partial charge >= 0.3 is 68.8 Å². The zero-order chi connectivity index (χ0) is 11.4. The van der Waals surface area contributed by atoms with Crippen LogP contribution in [0.3, 0.4) is 0 Å². The van der Waals surface area contributed by atoms with Gasteiger partial charge in [0.05, 0.1) is 0 Å². The summed E-state index contributed by atoms with van der Waals surface area (Å²) in [7, 11) is 0. The fourth-order valence-corrected chi connectivity index (χ4v) is 3.39. The van der Waals surface area contributed by atoms with Gasteiger partial charge in [0.2, 0.25) is 0 Å². The van der Waals surface area contributed by atoms with Gasteiger partial charge in [0.15, 0.2) is 0 Å². The SMILES string of the molecule is CCC.O=P(OCO)(OCO)[Se]CO.